The topological polar surface area (TPSA) is 53.9 Å². The maximum Gasteiger partial charge on any atom is 0.231 e. The van der Waals surface area contributed by atoms with E-state index in [1.807, 2.05) is 11.8 Å². The van der Waals surface area contributed by atoms with Gasteiger partial charge in [-0.2, -0.15) is 26.7 Å². The van der Waals surface area contributed by atoms with E-state index in [4.69, 9.17) is 11.6 Å². The predicted molar refractivity (Wildman–Crippen MR) is 77.8 cm³/mol. The number of nitrogens with zero attached hydrogens (tertiary/aromatic N) is 4. The van der Waals surface area contributed by atoms with Crippen molar-refractivity contribution in [2.45, 2.75) is 26.3 Å². The quantitative estimate of drug-likeness (QED) is 0.897. The highest BCUT2D eigenvalue weighted by atomic mass is 35.5. The highest BCUT2D eigenvalue weighted by molar-refractivity contribution is 7.99. The molecule has 0 radical (unpaired) electrons. The third kappa shape index (κ3) is 3.38. The second kappa shape index (κ2) is 6.43. The van der Waals surface area contributed by atoms with E-state index in [0.717, 1.165) is 25.3 Å². The summed E-state index contributed by atoms with van der Waals surface area (Å²) in [6.07, 6.45) is 1.15. The number of thioether (sulfide) groups is 1. The standard InChI is InChI=1S/C11H18ClN5S/c1-3-17(4-2)11-15-9(12)14-10(16-11)13-8-5-6-18-7-8/h8H,3-7H2,1-2H3,(H,13,14,15,16). The molecular weight excluding hydrogens is 270 g/mol. The molecule has 1 aliphatic rings. The molecule has 0 bridgehead atoms. The van der Waals surface area contributed by atoms with E-state index in [1.54, 1.807) is 0 Å². The van der Waals surface area contributed by atoms with Gasteiger partial charge in [-0.05, 0) is 37.6 Å². The van der Waals surface area contributed by atoms with Gasteiger partial charge in [-0.3, -0.25) is 0 Å². The average Bonchev–Trinajstić information content (AvgIpc) is 2.83. The molecule has 0 spiro atoms. The van der Waals surface area contributed by atoms with Gasteiger partial charge in [-0.1, -0.05) is 0 Å². The van der Waals surface area contributed by atoms with Crippen molar-refractivity contribution >= 4 is 35.3 Å². The Morgan fingerprint density at radius 3 is 2.72 bits per heavy atom. The Morgan fingerprint density at radius 2 is 2.11 bits per heavy atom. The summed E-state index contributed by atoms with van der Waals surface area (Å²) in [6, 6.07) is 0.443. The largest absolute Gasteiger partial charge is 0.350 e. The van der Waals surface area contributed by atoms with Crippen molar-refractivity contribution in [3.05, 3.63) is 5.28 Å². The van der Waals surface area contributed by atoms with E-state index < -0.39 is 0 Å². The van der Waals surface area contributed by atoms with Crippen molar-refractivity contribution in [2.75, 3.05) is 34.8 Å². The van der Waals surface area contributed by atoms with Gasteiger partial charge < -0.3 is 10.2 Å². The first kappa shape index (κ1) is 13.7. The molecule has 0 aromatic carbocycles. The third-order valence-corrected chi connectivity index (χ3v) is 4.24. The fourth-order valence-electron chi connectivity index (χ4n) is 1.88. The zero-order chi connectivity index (χ0) is 13.0. The normalized spacial score (nSPS) is 18.9. The van der Waals surface area contributed by atoms with Crippen LogP contribution in [0.2, 0.25) is 5.28 Å². The lowest BCUT2D eigenvalue weighted by Gasteiger charge is -2.19. The lowest BCUT2D eigenvalue weighted by atomic mass is 10.3. The van der Waals surface area contributed by atoms with Gasteiger partial charge in [0.1, 0.15) is 0 Å². The number of nitrogens with one attached hydrogen (secondary N) is 1. The Kier molecular flexibility index (Phi) is 4.88. The highest BCUT2D eigenvalue weighted by Gasteiger charge is 2.17. The zero-order valence-corrected chi connectivity index (χ0v) is 12.3. The van der Waals surface area contributed by atoms with Crippen molar-refractivity contribution in [2.24, 2.45) is 0 Å². The molecule has 1 fully saturated rings. The molecule has 0 amide bonds. The number of hydrogen-bond acceptors (Lipinski definition) is 6. The van der Waals surface area contributed by atoms with Crippen molar-refractivity contribution in [1.82, 2.24) is 15.0 Å². The molecule has 1 atom stereocenters. The van der Waals surface area contributed by atoms with E-state index in [9.17, 15) is 0 Å². The molecule has 7 heteroatoms. The highest BCUT2D eigenvalue weighted by Crippen LogP contribution is 2.21. The van der Waals surface area contributed by atoms with Crippen LogP contribution in [0.3, 0.4) is 0 Å². The van der Waals surface area contributed by atoms with Crippen LogP contribution in [0.15, 0.2) is 0 Å². The molecule has 0 saturated carbocycles. The van der Waals surface area contributed by atoms with Gasteiger partial charge in [-0.25, -0.2) is 0 Å². The van der Waals surface area contributed by atoms with Crippen LogP contribution in [-0.4, -0.2) is 45.6 Å². The minimum atomic E-state index is 0.250. The second-order valence-corrected chi connectivity index (χ2v) is 5.59. The Bertz CT molecular complexity index is 393. The molecular formula is C11H18ClN5S. The van der Waals surface area contributed by atoms with Crippen LogP contribution in [0.25, 0.3) is 0 Å². The molecule has 1 N–H and O–H groups in total. The van der Waals surface area contributed by atoms with Gasteiger partial charge in [0.05, 0.1) is 0 Å². The first-order chi connectivity index (χ1) is 8.72. The van der Waals surface area contributed by atoms with Gasteiger partial charge in [0, 0.05) is 24.9 Å². The van der Waals surface area contributed by atoms with Crippen LogP contribution < -0.4 is 10.2 Å². The van der Waals surface area contributed by atoms with Gasteiger partial charge in [0.25, 0.3) is 0 Å². The lowest BCUT2D eigenvalue weighted by molar-refractivity contribution is 0.779. The number of aromatic nitrogens is 3. The summed E-state index contributed by atoms with van der Waals surface area (Å²) in [5.74, 6) is 3.53. The molecule has 2 heterocycles. The van der Waals surface area contributed by atoms with Crippen molar-refractivity contribution in [3.8, 4) is 0 Å². The van der Waals surface area contributed by atoms with Crippen molar-refractivity contribution in [1.29, 1.82) is 0 Å². The molecule has 100 valence electrons. The summed E-state index contributed by atoms with van der Waals surface area (Å²) in [5, 5.41) is 3.58. The summed E-state index contributed by atoms with van der Waals surface area (Å²) in [4.78, 5) is 14.8. The van der Waals surface area contributed by atoms with Crippen LogP contribution in [0, 0.1) is 0 Å². The SMILES string of the molecule is CCN(CC)c1nc(Cl)nc(NC2CCSC2)n1. The first-order valence-corrected chi connectivity index (χ1v) is 7.77. The summed E-state index contributed by atoms with van der Waals surface area (Å²) in [5.41, 5.74) is 0. The van der Waals surface area contributed by atoms with E-state index in [1.165, 1.54) is 5.75 Å². The second-order valence-electron chi connectivity index (χ2n) is 4.11. The van der Waals surface area contributed by atoms with Crippen LogP contribution >= 0.6 is 23.4 Å². The van der Waals surface area contributed by atoms with Crippen LogP contribution in [0.4, 0.5) is 11.9 Å². The van der Waals surface area contributed by atoms with Crippen LogP contribution in [-0.2, 0) is 0 Å². The number of anilines is 2. The first-order valence-electron chi connectivity index (χ1n) is 6.23. The number of hydrogen-bond donors (Lipinski definition) is 1. The van der Waals surface area contributed by atoms with Crippen LogP contribution in [0.1, 0.15) is 20.3 Å². The Morgan fingerprint density at radius 1 is 1.33 bits per heavy atom. The summed E-state index contributed by atoms with van der Waals surface area (Å²) < 4.78 is 0. The maximum atomic E-state index is 5.96. The molecule has 0 aliphatic carbocycles. The zero-order valence-electron chi connectivity index (χ0n) is 10.7. The molecule has 1 aliphatic heterocycles. The van der Waals surface area contributed by atoms with E-state index in [-0.39, 0.29) is 5.28 Å². The molecule has 2 rings (SSSR count). The molecule has 1 aromatic rings. The monoisotopic (exact) mass is 287 g/mol. The van der Waals surface area contributed by atoms with E-state index >= 15 is 0 Å². The minimum absolute atomic E-state index is 0.250. The molecule has 5 nitrogen and oxygen atoms in total. The number of rotatable bonds is 5. The van der Waals surface area contributed by atoms with Gasteiger partial charge in [0.2, 0.25) is 17.2 Å². The fraction of sp³-hybridized carbons (Fsp3) is 0.727. The third-order valence-electron chi connectivity index (χ3n) is 2.91. The lowest BCUT2D eigenvalue weighted by Crippen LogP contribution is -2.26. The number of halogens is 1. The molecule has 18 heavy (non-hydrogen) atoms. The molecule has 1 saturated heterocycles. The predicted octanol–water partition coefficient (Wildman–Crippen LogP) is 2.29. The smallest absolute Gasteiger partial charge is 0.231 e. The Labute approximate surface area is 117 Å². The Balaban J connectivity index is 2.14. The van der Waals surface area contributed by atoms with E-state index in [2.05, 4.69) is 39.0 Å². The summed E-state index contributed by atoms with van der Waals surface area (Å²) in [6.45, 7) is 5.86. The van der Waals surface area contributed by atoms with Crippen molar-refractivity contribution < 1.29 is 0 Å². The molecule has 1 unspecified atom stereocenters. The average molecular weight is 288 g/mol. The van der Waals surface area contributed by atoms with Gasteiger partial charge in [0.15, 0.2) is 0 Å². The summed E-state index contributed by atoms with van der Waals surface area (Å²) in [7, 11) is 0. The van der Waals surface area contributed by atoms with Crippen LogP contribution in [0.5, 0.6) is 0 Å². The Hall–Kier alpha value is -0.750. The fourth-order valence-corrected chi connectivity index (χ4v) is 3.19. The minimum Gasteiger partial charge on any atom is -0.350 e. The van der Waals surface area contributed by atoms with Crippen molar-refractivity contribution in [3.63, 3.8) is 0 Å². The summed E-state index contributed by atoms with van der Waals surface area (Å²) >= 11 is 7.91. The molecule has 1 aromatic heterocycles. The van der Waals surface area contributed by atoms with Gasteiger partial charge in [-0.15, -0.1) is 0 Å². The van der Waals surface area contributed by atoms with E-state index in [0.29, 0.717) is 17.9 Å². The maximum absolute atomic E-state index is 5.96. The van der Waals surface area contributed by atoms with Gasteiger partial charge >= 0.3 is 0 Å².